The highest BCUT2D eigenvalue weighted by atomic mass is 19.1. The first-order valence-electron chi connectivity index (χ1n) is 11.7. The van der Waals surface area contributed by atoms with Crippen molar-refractivity contribution in [2.45, 2.75) is 72.6 Å². The van der Waals surface area contributed by atoms with Gasteiger partial charge in [0.2, 0.25) is 5.91 Å². The van der Waals surface area contributed by atoms with Gasteiger partial charge in [-0.3, -0.25) is 9.59 Å². The summed E-state index contributed by atoms with van der Waals surface area (Å²) < 4.78 is 20.3. The molecule has 33 heavy (non-hydrogen) atoms. The van der Waals surface area contributed by atoms with Crippen LogP contribution in [0, 0.1) is 11.2 Å². The molecular formula is C27H35FN2O3. The molecule has 0 saturated carbocycles. The maximum atomic E-state index is 14.2. The predicted molar refractivity (Wildman–Crippen MR) is 128 cm³/mol. The largest absolute Gasteiger partial charge is 0.481 e. The number of benzene rings is 2. The number of hydrogen-bond acceptors (Lipinski definition) is 3. The molecule has 2 aromatic carbocycles. The average Bonchev–Trinajstić information content (AvgIpc) is 2.74. The molecule has 0 spiro atoms. The van der Waals surface area contributed by atoms with Crippen molar-refractivity contribution in [2.75, 3.05) is 6.54 Å². The highest BCUT2D eigenvalue weighted by Gasteiger charge is 2.37. The Bertz CT molecular complexity index is 1010. The zero-order chi connectivity index (χ0) is 24.3. The summed E-state index contributed by atoms with van der Waals surface area (Å²) in [5.41, 5.74) is 2.14. The summed E-state index contributed by atoms with van der Waals surface area (Å²) in [5.74, 6) is 0.0745. The lowest BCUT2D eigenvalue weighted by Crippen LogP contribution is -2.45. The van der Waals surface area contributed by atoms with Gasteiger partial charge in [0.1, 0.15) is 11.6 Å². The SMILES string of the molecule is CCC(Oc1ccc2c(c1)C(c1cccc(F)c1)N(C(=O)C(C)(C)C)CC2)C(=O)NC(C)C. The molecule has 0 bridgehead atoms. The van der Waals surface area contributed by atoms with Crippen LogP contribution in [0.2, 0.25) is 0 Å². The second kappa shape index (κ2) is 9.94. The van der Waals surface area contributed by atoms with Crippen molar-refractivity contribution in [1.82, 2.24) is 10.2 Å². The monoisotopic (exact) mass is 454 g/mol. The van der Waals surface area contributed by atoms with Gasteiger partial charge < -0.3 is 15.0 Å². The van der Waals surface area contributed by atoms with Crippen LogP contribution in [0.3, 0.4) is 0 Å². The van der Waals surface area contributed by atoms with Crippen molar-refractivity contribution < 1.29 is 18.7 Å². The molecule has 2 atom stereocenters. The number of halogens is 1. The van der Waals surface area contributed by atoms with Crippen molar-refractivity contribution in [3.05, 3.63) is 65.0 Å². The first-order valence-corrected chi connectivity index (χ1v) is 11.7. The van der Waals surface area contributed by atoms with Crippen LogP contribution >= 0.6 is 0 Å². The number of carbonyl (C=O) groups is 2. The Morgan fingerprint density at radius 2 is 1.91 bits per heavy atom. The minimum Gasteiger partial charge on any atom is -0.481 e. The molecule has 0 aliphatic carbocycles. The molecule has 1 aliphatic rings. The lowest BCUT2D eigenvalue weighted by atomic mass is 9.85. The van der Waals surface area contributed by atoms with Crippen LogP contribution in [0.4, 0.5) is 4.39 Å². The van der Waals surface area contributed by atoms with Gasteiger partial charge >= 0.3 is 0 Å². The minimum absolute atomic E-state index is 0.0106. The summed E-state index contributed by atoms with van der Waals surface area (Å²) in [6.07, 6.45) is 0.611. The van der Waals surface area contributed by atoms with Gasteiger partial charge in [-0.05, 0) is 67.6 Å². The van der Waals surface area contributed by atoms with E-state index in [2.05, 4.69) is 5.32 Å². The second-order valence-electron chi connectivity index (χ2n) is 9.99. The predicted octanol–water partition coefficient (Wildman–Crippen LogP) is 5.03. The van der Waals surface area contributed by atoms with Crippen molar-refractivity contribution in [2.24, 2.45) is 5.41 Å². The molecular weight excluding hydrogens is 419 g/mol. The van der Waals surface area contributed by atoms with Crippen LogP contribution in [-0.2, 0) is 16.0 Å². The molecule has 1 N–H and O–H groups in total. The van der Waals surface area contributed by atoms with Gasteiger partial charge in [0.25, 0.3) is 5.91 Å². The smallest absolute Gasteiger partial charge is 0.261 e. The van der Waals surface area contributed by atoms with Crippen LogP contribution in [0.15, 0.2) is 42.5 Å². The Morgan fingerprint density at radius 1 is 1.18 bits per heavy atom. The lowest BCUT2D eigenvalue weighted by Gasteiger charge is -2.41. The summed E-state index contributed by atoms with van der Waals surface area (Å²) in [6.45, 7) is 12.0. The molecule has 1 heterocycles. The number of fused-ring (bicyclic) bond motifs is 1. The van der Waals surface area contributed by atoms with Crippen molar-refractivity contribution in [3.63, 3.8) is 0 Å². The molecule has 1 aliphatic heterocycles. The standard InChI is InChI=1S/C27H35FN2O3/c1-7-23(25(31)29-17(2)3)33-21-12-11-18-13-14-30(26(32)27(4,5)6)24(22(18)16-21)19-9-8-10-20(28)15-19/h8-12,15-17,23-24H,7,13-14H2,1-6H3,(H,29,31). The highest BCUT2D eigenvalue weighted by molar-refractivity contribution is 5.83. The maximum Gasteiger partial charge on any atom is 0.261 e. The van der Waals surface area contributed by atoms with Crippen LogP contribution < -0.4 is 10.1 Å². The number of rotatable bonds is 6. The Kier molecular flexibility index (Phi) is 7.45. The molecule has 0 aromatic heterocycles. The normalized spacial score (nSPS) is 16.8. The van der Waals surface area contributed by atoms with E-state index in [9.17, 15) is 14.0 Å². The van der Waals surface area contributed by atoms with E-state index >= 15 is 0 Å². The number of nitrogens with one attached hydrogen (secondary N) is 1. The number of carbonyl (C=O) groups excluding carboxylic acids is 2. The summed E-state index contributed by atoms with van der Waals surface area (Å²) in [5, 5.41) is 2.90. The van der Waals surface area contributed by atoms with Gasteiger partial charge in [0.15, 0.2) is 6.10 Å². The van der Waals surface area contributed by atoms with E-state index in [1.807, 2.05) is 70.7 Å². The van der Waals surface area contributed by atoms with Crippen LogP contribution in [0.5, 0.6) is 5.75 Å². The summed E-state index contributed by atoms with van der Waals surface area (Å²) in [4.78, 5) is 27.7. The summed E-state index contributed by atoms with van der Waals surface area (Å²) in [6, 6.07) is 11.8. The van der Waals surface area contributed by atoms with Crippen molar-refractivity contribution >= 4 is 11.8 Å². The third-order valence-corrected chi connectivity index (χ3v) is 5.79. The van der Waals surface area contributed by atoms with E-state index in [1.165, 1.54) is 12.1 Å². The quantitative estimate of drug-likeness (QED) is 0.666. The fourth-order valence-electron chi connectivity index (χ4n) is 4.22. The fourth-order valence-corrected chi connectivity index (χ4v) is 4.22. The third-order valence-electron chi connectivity index (χ3n) is 5.79. The molecule has 3 rings (SSSR count). The van der Waals surface area contributed by atoms with Crippen molar-refractivity contribution in [1.29, 1.82) is 0 Å². The first-order chi connectivity index (χ1) is 15.5. The van der Waals surface area contributed by atoms with Crippen molar-refractivity contribution in [3.8, 4) is 5.75 Å². The Labute approximate surface area is 196 Å². The second-order valence-corrected chi connectivity index (χ2v) is 9.99. The molecule has 2 amide bonds. The molecule has 0 saturated heterocycles. The van der Waals surface area contributed by atoms with E-state index in [0.717, 1.165) is 16.7 Å². The molecule has 178 valence electrons. The minimum atomic E-state index is -0.617. The van der Waals surface area contributed by atoms with E-state index < -0.39 is 17.6 Å². The number of nitrogens with zero attached hydrogens (tertiary/aromatic N) is 1. The molecule has 2 aromatic rings. The molecule has 0 fully saturated rings. The third kappa shape index (κ3) is 5.73. The Morgan fingerprint density at radius 3 is 2.52 bits per heavy atom. The van der Waals surface area contributed by atoms with Gasteiger partial charge in [-0.2, -0.15) is 0 Å². The van der Waals surface area contributed by atoms with Gasteiger partial charge in [-0.25, -0.2) is 4.39 Å². The fraction of sp³-hybridized carbons (Fsp3) is 0.481. The topological polar surface area (TPSA) is 58.6 Å². The Balaban J connectivity index is 2.03. The van der Waals surface area contributed by atoms with Gasteiger partial charge in [0, 0.05) is 18.0 Å². The molecule has 0 radical (unpaired) electrons. The van der Waals surface area contributed by atoms with E-state index in [-0.39, 0.29) is 23.7 Å². The number of ether oxygens (including phenoxy) is 1. The summed E-state index contributed by atoms with van der Waals surface area (Å²) >= 11 is 0. The van der Waals surface area contributed by atoms with Crippen LogP contribution in [0.25, 0.3) is 0 Å². The highest BCUT2D eigenvalue weighted by Crippen LogP contribution is 2.39. The van der Waals surface area contributed by atoms with E-state index in [0.29, 0.717) is 25.1 Å². The zero-order valence-electron chi connectivity index (χ0n) is 20.4. The van der Waals surface area contributed by atoms with Gasteiger partial charge in [-0.1, -0.05) is 45.9 Å². The number of hydrogen-bond donors (Lipinski definition) is 1. The molecule has 2 unspecified atom stereocenters. The maximum absolute atomic E-state index is 14.2. The molecule has 6 heteroatoms. The van der Waals surface area contributed by atoms with E-state index in [1.54, 1.807) is 6.07 Å². The van der Waals surface area contributed by atoms with Crippen LogP contribution in [-0.4, -0.2) is 35.4 Å². The number of amides is 2. The van der Waals surface area contributed by atoms with E-state index in [4.69, 9.17) is 4.74 Å². The van der Waals surface area contributed by atoms with Crippen LogP contribution in [0.1, 0.15) is 70.7 Å². The lowest BCUT2D eigenvalue weighted by molar-refractivity contribution is -0.141. The average molecular weight is 455 g/mol. The van der Waals surface area contributed by atoms with Gasteiger partial charge in [-0.15, -0.1) is 0 Å². The van der Waals surface area contributed by atoms with Gasteiger partial charge in [0.05, 0.1) is 6.04 Å². The summed E-state index contributed by atoms with van der Waals surface area (Å²) in [7, 11) is 0. The Hall–Kier alpha value is -2.89. The first kappa shape index (κ1) is 24.7. The molecule has 5 nitrogen and oxygen atoms in total. The zero-order valence-corrected chi connectivity index (χ0v) is 20.4.